The van der Waals surface area contributed by atoms with Crippen LogP contribution in [0.5, 0.6) is 0 Å². The topological polar surface area (TPSA) is 401 Å². The maximum atomic E-state index is 14.8. The van der Waals surface area contributed by atoms with Gasteiger partial charge in [-0.2, -0.15) is 0 Å². The Kier molecular flexibility index (Phi) is 53.3. The summed E-state index contributed by atoms with van der Waals surface area (Å²) in [5.41, 5.74) is 1.62. The minimum Gasteiger partial charge on any atom is -0.466 e. The van der Waals surface area contributed by atoms with Gasteiger partial charge in [-0.15, -0.1) is 0 Å². The van der Waals surface area contributed by atoms with E-state index in [4.69, 9.17) is 52.1 Å². The van der Waals surface area contributed by atoms with Crippen molar-refractivity contribution in [1.82, 2.24) is 41.3 Å². The van der Waals surface area contributed by atoms with Crippen LogP contribution in [0.25, 0.3) is 0 Å². The van der Waals surface area contributed by atoms with E-state index in [-0.39, 0.29) is 74.6 Å². The summed E-state index contributed by atoms with van der Waals surface area (Å²) in [4.78, 5) is 150. The number of amides is 9. The van der Waals surface area contributed by atoms with Crippen LogP contribution in [0.15, 0.2) is 66.7 Å². The number of likely N-dealkylation sites (tertiary alicyclic amines) is 1. The van der Waals surface area contributed by atoms with Crippen molar-refractivity contribution >= 4 is 70.8 Å². The number of nitrogens with one attached hydrogen (secondary N) is 6. The number of aliphatic hydroxyl groups is 1. The average Bonchev–Trinajstić information content (AvgIpc) is 1.78. The first kappa shape index (κ1) is 105. The van der Waals surface area contributed by atoms with Crippen LogP contribution in [0.1, 0.15) is 164 Å². The van der Waals surface area contributed by atoms with Crippen molar-refractivity contribution in [1.29, 1.82) is 0 Å². The first-order valence-electron chi connectivity index (χ1n) is 41.9. The molecule has 33 heteroatoms. The number of unbranched alkanes of at least 4 members (excludes halogenated alkanes) is 3. The Morgan fingerprint density at radius 1 is 0.546 bits per heavy atom. The molecule has 9 amide bonds. The Balaban J connectivity index is 1.30. The fourth-order valence-electron chi connectivity index (χ4n) is 13.4. The lowest BCUT2D eigenvalue weighted by molar-refractivity contribution is -0.148. The van der Waals surface area contributed by atoms with Gasteiger partial charge in [0.2, 0.25) is 47.3 Å². The third-order valence-corrected chi connectivity index (χ3v) is 20.5. The van der Waals surface area contributed by atoms with E-state index < -0.39 is 120 Å². The van der Waals surface area contributed by atoms with Gasteiger partial charge in [-0.3, -0.25) is 48.1 Å². The molecule has 1 heterocycles. The van der Waals surface area contributed by atoms with Crippen LogP contribution in [0.2, 0.25) is 0 Å². The van der Waals surface area contributed by atoms with Gasteiger partial charge < -0.3 is 104 Å². The number of carbonyl (C=O) groups excluding carboxylic acids is 11. The largest absolute Gasteiger partial charge is 0.466 e. The van der Waals surface area contributed by atoms with E-state index in [1.54, 1.807) is 94.8 Å². The molecule has 1 aliphatic rings. The number of carbonyl (C=O) groups is 11. The van der Waals surface area contributed by atoms with Crippen LogP contribution in [-0.2, 0) is 111 Å². The molecule has 33 nitrogen and oxygen atoms in total. The van der Waals surface area contributed by atoms with Crippen LogP contribution in [0.4, 0.5) is 10.5 Å². The zero-order valence-corrected chi connectivity index (χ0v) is 73.4. The molecule has 3 rings (SSSR count). The van der Waals surface area contributed by atoms with E-state index >= 15 is 0 Å². The number of ketones is 1. The molecule has 0 saturated carbocycles. The first-order chi connectivity index (χ1) is 56.9. The van der Waals surface area contributed by atoms with Gasteiger partial charge in [-0.25, -0.2) is 9.59 Å². The highest BCUT2D eigenvalue weighted by molar-refractivity contribution is 5.98. The monoisotopic (exact) mass is 1680 g/mol. The smallest absolute Gasteiger partial charge is 0.410 e. The Hall–Kier alpha value is -8.09. The molecule has 1 aliphatic heterocycles. The molecule has 2 aromatic rings. The number of esters is 1. The lowest BCUT2D eigenvalue weighted by Crippen LogP contribution is -2.60. The Morgan fingerprint density at radius 3 is 1.60 bits per heavy atom. The van der Waals surface area contributed by atoms with E-state index in [0.717, 1.165) is 25.3 Å². The second-order valence-corrected chi connectivity index (χ2v) is 30.8. The summed E-state index contributed by atoms with van der Waals surface area (Å²) in [7, 11) is 7.36. The number of likely N-dealkylation sites (N-methyl/N-ethyl adjacent to an activating group) is 2. The van der Waals surface area contributed by atoms with Gasteiger partial charge in [0.15, 0.2) is 5.78 Å². The lowest BCUT2D eigenvalue weighted by Gasteiger charge is -2.41. The molecule has 0 unspecified atom stereocenters. The predicted octanol–water partition coefficient (Wildman–Crippen LogP) is 6.44. The number of benzene rings is 2. The summed E-state index contributed by atoms with van der Waals surface area (Å²) in [6.07, 6.45) is 4.81. The van der Waals surface area contributed by atoms with Crippen LogP contribution in [-0.4, -0.2) is 294 Å². The van der Waals surface area contributed by atoms with Crippen LogP contribution in [0.3, 0.4) is 0 Å². The van der Waals surface area contributed by atoms with Gasteiger partial charge in [0.1, 0.15) is 30.8 Å². The predicted molar refractivity (Wildman–Crippen MR) is 446 cm³/mol. The van der Waals surface area contributed by atoms with E-state index in [9.17, 15) is 57.8 Å². The second kappa shape index (κ2) is 60.4. The summed E-state index contributed by atoms with van der Waals surface area (Å²) < 4.78 is 66.5. The number of methoxy groups -OCH3 is 3. The highest BCUT2D eigenvalue weighted by atomic mass is 16.6. The molecule has 12 atom stereocenters. The normalized spacial score (nSPS) is 15.7. The molecular weight excluding hydrogens is 1540 g/mol. The van der Waals surface area contributed by atoms with Gasteiger partial charge >= 0.3 is 12.1 Å². The quantitative estimate of drug-likeness (QED) is 0.0213. The van der Waals surface area contributed by atoms with E-state index in [1.165, 1.54) is 46.3 Å². The molecule has 119 heavy (non-hydrogen) atoms. The molecule has 0 aromatic heterocycles. The third-order valence-electron chi connectivity index (χ3n) is 20.5. The number of nitrogens with zero attached hydrogens (tertiary/aromatic N) is 3. The number of hydrogen-bond donors (Lipinski definition) is 7. The first-order valence-corrected chi connectivity index (χ1v) is 41.9. The number of hydrogen-bond acceptors (Lipinski definition) is 24. The minimum atomic E-state index is -1.07. The van der Waals surface area contributed by atoms with Crippen LogP contribution < -0.4 is 31.9 Å². The molecule has 674 valence electrons. The molecular formula is C86H141N9O24. The molecule has 0 bridgehead atoms. The maximum Gasteiger partial charge on any atom is 0.410 e. The van der Waals surface area contributed by atoms with Gasteiger partial charge in [-0.05, 0) is 92.5 Å². The third kappa shape index (κ3) is 40.9. The second-order valence-electron chi connectivity index (χ2n) is 30.8. The molecule has 0 spiro atoms. The van der Waals surface area contributed by atoms with Crippen molar-refractivity contribution in [3.63, 3.8) is 0 Å². The number of rotatable bonds is 64. The van der Waals surface area contributed by atoms with E-state index in [1.807, 2.05) is 45.9 Å². The van der Waals surface area contributed by atoms with Crippen molar-refractivity contribution in [2.75, 3.05) is 160 Å². The molecule has 1 fully saturated rings. The Bertz CT molecular complexity index is 3320. The van der Waals surface area contributed by atoms with Gasteiger partial charge in [0.05, 0.1) is 162 Å². The Morgan fingerprint density at radius 2 is 1.08 bits per heavy atom. The summed E-state index contributed by atoms with van der Waals surface area (Å²) >= 11 is 0. The molecule has 1 saturated heterocycles. The van der Waals surface area contributed by atoms with Crippen molar-refractivity contribution in [2.45, 2.75) is 214 Å². The van der Waals surface area contributed by atoms with Gasteiger partial charge in [-0.1, -0.05) is 124 Å². The zero-order valence-electron chi connectivity index (χ0n) is 73.4. The summed E-state index contributed by atoms with van der Waals surface area (Å²) in [5, 5.41) is 27.9. The van der Waals surface area contributed by atoms with Crippen LogP contribution >= 0.6 is 0 Å². The number of anilines is 1. The lowest BCUT2D eigenvalue weighted by atomic mass is 9.89. The zero-order chi connectivity index (χ0) is 88.2. The molecule has 0 radical (unpaired) electrons. The van der Waals surface area contributed by atoms with E-state index in [0.29, 0.717) is 154 Å². The highest BCUT2D eigenvalue weighted by Gasteiger charge is 2.44. The summed E-state index contributed by atoms with van der Waals surface area (Å²) in [5.74, 6) is -5.78. The number of ether oxygens (including phenoxy) is 12. The summed E-state index contributed by atoms with van der Waals surface area (Å²) in [6.45, 7) is 26.0. The SMILES string of the molecule is CC[C@H](C)[C@@H]([C@@H](CC(=O)N1CCC[C@H]1[C@H](OC)[C@@H](C)C(=O)N[C@H](C)[C@@H](O)c1ccccc1)OC)N(C)C(=O)[C@@H](NC(=O)[C@H](C(C)C)N(C)C(=O)OCc1ccc(NC(=O)[C@H](C)NC(=O)[C@@H](NC(=O)CCOCCOCCOCCOCCOCCOCCOCCOCCNC(=O)CCCCCCC(=O)/C=C\C(=O)OC)C(C)C)cc1)C(C)C. The maximum absolute atomic E-state index is 14.8. The molecule has 2 aromatic carbocycles. The minimum absolute atomic E-state index is 0.0150. The van der Waals surface area contributed by atoms with Crippen molar-refractivity contribution in [3.8, 4) is 0 Å². The fourth-order valence-corrected chi connectivity index (χ4v) is 13.4. The number of aliphatic hydroxyl groups excluding tert-OH is 1. The van der Waals surface area contributed by atoms with Crippen molar-refractivity contribution in [3.05, 3.63) is 77.9 Å². The van der Waals surface area contributed by atoms with Crippen molar-refractivity contribution < 1.29 is 115 Å². The van der Waals surface area contributed by atoms with Gasteiger partial charge in [0.25, 0.3) is 0 Å². The molecule has 0 aliphatic carbocycles. The van der Waals surface area contributed by atoms with E-state index in [2.05, 4.69) is 36.6 Å². The fraction of sp³-hybridized carbons (Fsp3) is 0.709. The summed E-state index contributed by atoms with van der Waals surface area (Å²) in [6, 6.07) is 9.85. The standard InChI is InChI=1S/C86H141N9O24/c1-17-61(8)78(70(108-14)56-73(99)95-39-25-29-69(95)80(110-16)62(9)81(102)88-63(10)79(101)66-26-21-20-22-27-66)93(12)85(106)76(59(4)5)92-84(105)77(60(6)7)94(13)86(107)119-57-65-31-33-67(34-32-65)90-82(103)64(11)89-83(104)75(58(2)3)91-72(98)37-40-111-42-44-113-46-48-115-50-52-117-54-55-118-53-51-116-49-47-114-45-43-112-41-38-87-71(97)30-24-19-18-23-28-68(96)35-36-74(100)109-15/h20-22,26-27,31-36,58-64,69-70,75-80,101H,17-19,23-25,28-30,37-57H2,1-16H3,(H,87,97)(H,88,102)(H,89,104)(H,90,103)(H,91,98)(H,92,105)/b36-35-/t61-,62+,63+,64-,69-,70+,75-,76-,77-,78-,79+,80+/m0/s1. The average molecular weight is 1690 g/mol. The van der Waals surface area contributed by atoms with Gasteiger partial charge in [0, 0.05) is 72.4 Å². The molecule has 7 N–H and O–H groups in total. The van der Waals surface area contributed by atoms with Crippen LogP contribution in [0, 0.1) is 29.6 Å². The highest BCUT2D eigenvalue weighted by Crippen LogP contribution is 2.31. The Labute approximate surface area is 704 Å². The number of allylic oxidation sites excluding steroid dienone is 1. The van der Waals surface area contributed by atoms with Crippen molar-refractivity contribution in [2.24, 2.45) is 29.6 Å².